The summed E-state index contributed by atoms with van der Waals surface area (Å²) in [4.78, 5) is 17.4. The first-order chi connectivity index (χ1) is 8.63. The third kappa shape index (κ3) is 7.59. The standard InChI is InChI=1S/C13H26N4O.HI/c1-4-9-14-13(15-10-12(18)17(2)3)16-11-7-5-6-8-11;/h11H,4-10H2,1-3H3,(H2,14,15,16);1H. The summed E-state index contributed by atoms with van der Waals surface area (Å²) < 4.78 is 0. The third-order valence-electron chi connectivity index (χ3n) is 3.11. The number of nitrogens with one attached hydrogen (secondary N) is 2. The van der Waals surface area contributed by atoms with Gasteiger partial charge in [0.05, 0.1) is 0 Å². The molecule has 0 radical (unpaired) electrons. The highest BCUT2D eigenvalue weighted by molar-refractivity contribution is 14.0. The van der Waals surface area contributed by atoms with Gasteiger partial charge in [0.15, 0.2) is 5.96 Å². The fourth-order valence-electron chi connectivity index (χ4n) is 1.95. The summed E-state index contributed by atoms with van der Waals surface area (Å²) in [7, 11) is 3.50. The molecule has 19 heavy (non-hydrogen) atoms. The van der Waals surface area contributed by atoms with Crippen molar-refractivity contribution in [1.29, 1.82) is 0 Å². The molecule has 112 valence electrons. The van der Waals surface area contributed by atoms with Crippen LogP contribution < -0.4 is 10.6 Å². The number of nitrogens with zero attached hydrogens (tertiary/aromatic N) is 2. The molecule has 0 aliphatic heterocycles. The van der Waals surface area contributed by atoms with Crippen molar-refractivity contribution in [2.45, 2.75) is 45.1 Å². The molecule has 0 heterocycles. The maximum absolute atomic E-state index is 11.5. The maximum atomic E-state index is 11.5. The van der Waals surface area contributed by atoms with E-state index in [1.165, 1.54) is 25.7 Å². The van der Waals surface area contributed by atoms with Gasteiger partial charge in [0.2, 0.25) is 5.91 Å². The fraction of sp³-hybridized carbons (Fsp3) is 0.846. The van der Waals surface area contributed by atoms with Gasteiger partial charge in [-0.2, -0.15) is 0 Å². The first-order valence-corrected chi connectivity index (χ1v) is 6.88. The highest BCUT2D eigenvalue weighted by Crippen LogP contribution is 2.17. The summed E-state index contributed by atoms with van der Waals surface area (Å²) in [6, 6.07) is 0.516. The molecule has 2 N–H and O–H groups in total. The molecule has 0 aromatic rings. The van der Waals surface area contributed by atoms with Crippen molar-refractivity contribution in [3.05, 3.63) is 0 Å². The Labute approximate surface area is 133 Å². The van der Waals surface area contributed by atoms with Crippen molar-refractivity contribution in [3.8, 4) is 0 Å². The van der Waals surface area contributed by atoms with Crippen LogP contribution in [0.3, 0.4) is 0 Å². The summed E-state index contributed by atoms with van der Waals surface area (Å²) in [5.41, 5.74) is 0. The van der Waals surface area contributed by atoms with E-state index in [1.807, 2.05) is 0 Å². The van der Waals surface area contributed by atoms with Gasteiger partial charge in [0.1, 0.15) is 6.54 Å². The van der Waals surface area contributed by atoms with Gasteiger partial charge in [-0.3, -0.25) is 4.79 Å². The highest BCUT2D eigenvalue weighted by atomic mass is 127. The van der Waals surface area contributed by atoms with Crippen molar-refractivity contribution < 1.29 is 4.79 Å². The topological polar surface area (TPSA) is 56.7 Å². The number of carbonyl (C=O) groups is 1. The van der Waals surface area contributed by atoms with Gasteiger partial charge in [-0.15, -0.1) is 24.0 Å². The minimum Gasteiger partial charge on any atom is -0.356 e. The molecule has 0 aromatic carbocycles. The molecule has 1 rings (SSSR count). The normalized spacial score (nSPS) is 15.8. The van der Waals surface area contributed by atoms with E-state index in [0.717, 1.165) is 18.9 Å². The molecule has 0 bridgehead atoms. The van der Waals surface area contributed by atoms with E-state index < -0.39 is 0 Å². The second-order valence-electron chi connectivity index (χ2n) is 5.01. The van der Waals surface area contributed by atoms with E-state index in [9.17, 15) is 4.79 Å². The van der Waals surface area contributed by atoms with E-state index in [0.29, 0.717) is 6.04 Å². The molecule has 5 nitrogen and oxygen atoms in total. The van der Waals surface area contributed by atoms with Crippen LogP contribution >= 0.6 is 24.0 Å². The first-order valence-electron chi connectivity index (χ1n) is 6.88. The van der Waals surface area contributed by atoms with Crippen molar-refractivity contribution in [1.82, 2.24) is 15.5 Å². The van der Waals surface area contributed by atoms with Crippen molar-refractivity contribution in [3.63, 3.8) is 0 Å². The van der Waals surface area contributed by atoms with Gasteiger partial charge in [0.25, 0.3) is 0 Å². The Morgan fingerprint density at radius 1 is 1.32 bits per heavy atom. The van der Waals surface area contributed by atoms with Gasteiger partial charge >= 0.3 is 0 Å². The van der Waals surface area contributed by atoms with Crippen LogP contribution in [0, 0.1) is 0 Å². The van der Waals surface area contributed by atoms with Crippen LogP contribution in [0.5, 0.6) is 0 Å². The molecule has 0 saturated heterocycles. The number of likely N-dealkylation sites (N-methyl/N-ethyl adjacent to an activating group) is 1. The molecule has 1 aliphatic rings. The lowest BCUT2D eigenvalue weighted by Gasteiger charge is -2.17. The molecule has 0 atom stereocenters. The molecule has 1 saturated carbocycles. The molecular formula is C13H27IN4O. The van der Waals surface area contributed by atoms with Crippen molar-refractivity contribution in [2.75, 3.05) is 27.2 Å². The van der Waals surface area contributed by atoms with Crippen LogP contribution in [0.2, 0.25) is 0 Å². The summed E-state index contributed by atoms with van der Waals surface area (Å²) in [5, 5.41) is 6.67. The van der Waals surface area contributed by atoms with Crippen LogP contribution in [0.15, 0.2) is 4.99 Å². The second-order valence-corrected chi connectivity index (χ2v) is 5.01. The molecule has 1 amide bonds. The molecule has 6 heteroatoms. The molecule has 0 aromatic heterocycles. The first kappa shape index (κ1) is 18.5. The Hall–Kier alpha value is -0.530. The molecule has 0 spiro atoms. The maximum Gasteiger partial charge on any atom is 0.243 e. The van der Waals surface area contributed by atoms with E-state index in [-0.39, 0.29) is 36.4 Å². The SMILES string of the molecule is CCCNC(=NCC(=O)N(C)C)NC1CCCC1.I. The van der Waals surface area contributed by atoms with Crippen LogP contribution in [0.1, 0.15) is 39.0 Å². The van der Waals surface area contributed by atoms with Crippen LogP contribution in [-0.2, 0) is 4.79 Å². The van der Waals surface area contributed by atoms with Crippen LogP contribution in [0.4, 0.5) is 0 Å². The molecular weight excluding hydrogens is 355 g/mol. The Kier molecular flexibility index (Phi) is 9.99. The summed E-state index contributed by atoms with van der Waals surface area (Å²) >= 11 is 0. The quantitative estimate of drug-likeness (QED) is 0.431. The highest BCUT2D eigenvalue weighted by Gasteiger charge is 2.16. The Balaban J connectivity index is 0.00000324. The monoisotopic (exact) mass is 382 g/mol. The van der Waals surface area contributed by atoms with Gasteiger partial charge < -0.3 is 15.5 Å². The van der Waals surface area contributed by atoms with Gasteiger partial charge in [-0.1, -0.05) is 19.8 Å². The number of hydrogen-bond donors (Lipinski definition) is 2. The average Bonchev–Trinajstić information content (AvgIpc) is 2.84. The summed E-state index contributed by atoms with van der Waals surface area (Å²) in [6.07, 6.45) is 6.03. The van der Waals surface area contributed by atoms with Crippen molar-refractivity contribution in [2.24, 2.45) is 4.99 Å². The zero-order valence-electron chi connectivity index (χ0n) is 12.2. The fourth-order valence-corrected chi connectivity index (χ4v) is 1.95. The zero-order valence-corrected chi connectivity index (χ0v) is 14.6. The van der Waals surface area contributed by atoms with Crippen molar-refractivity contribution >= 4 is 35.8 Å². The zero-order chi connectivity index (χ0) is 13.4. The largest absolute Gasteiger partial charge is 0.356 e. The number of halogens is 1. The smallest absolute Gasteiger partial charge is 0.243 e. The number of rotatable bonds is 5. The summed E-state index contributed by atoms with van der Waals surface area (Å²) in [5.74, 6) is 0.804. The minimum atomic E-state index is 0. The van der Waals surface area contributed by atoms with Gasteiger partial charge in [0, 0.05) is 26.7 Å². The molecule has 1 aliphatic carbocycles. The summed E-state index contributed by atoms with van der Waals surface area (Å²) in [6.45, 7) is 3.21. The van der Waals surface area contributed by atoms with Gasteiger partial charge in [-0.25, -0.2) is 4.99 Å². The Morgan fingerprint density at radius 3 is 2.47 bits per heavy atom. The van der Waals surface area contributed by atoms with Crippen LogP contribution in [-0.4, -0.2) is 50.0 Å². The predicted molar refractivity (Wildman–Crippen MR) is 90.1 cm³/mol. The average molecular weight is 382 g/mol. The lowest BCUT2D eigenvalue weighted by atomic mass is 10.2. The Bertz CT molecular complexity index is 288. The minimum absolute atomic E-state index is 0. The van der Waals surface area contributed by atoms with E-state index in [1.54, 1.807) is 19.0 Å². The Morgan fingerprint density at radius 2 is 1.95 bits per heavy atom. The second kappa shape index (κ2) is 10.3. The molecule has 1 fully saturated rings. The van der Waals surface area contributed by atoms with E-state index in [2.05, 4.69) is 22.5 Å². The predicted octanol–water partition coefficient (Wildman–Crippen LogP) is 1.58. The number of carbonyl (C=O) groups excluding carboxylic acids is 1. The van der Waals surface area contributed by atoms with E-state index >= 15 is 0 Å². The third-order valence-corrected chi connectivity index (χ3v) is 3.11. The lowest BCUT2D eigenvalue weighted by molar-refractivity contribution is -0.127. The number of amides is 1. The number of hydrogen-bond acceptors (Lipinski definition) is 2. The molecule has 0 unspecified atom stereocenters. The number of aliphatic imine (C=N–C) groups is 1. The number of guanidine groups is 1. The lowest BCUT2D eigenvalue weighted by Crippen LogP contribution is -2.43. The van der Waals surface area contributed by atoms with E-state index in [4.69, 9.17) is 0 Å². The van der Waals surface area contributed by atoms with Crippen LogP contribution in [0.25, 0.3) is 0 Å². The van der Waals surface area contributed by atoms with Gasteiger partial charge in [-0.05, 0) is 19.3 Å².